The molecule has 1 saturated heterocycles. The van der Waals surface area contributed by atoms with Crippen molar-refractivity contribution in [2.75, 3.05) is 13.1 Å². The second kappa shape index (κ2) is 9.60. The third-order valence-corrected chi connectivity index (χ3v) is 5.32. The number of nitrogens with zero attached hydrogens (tertiary/aromatic N) is 1. The van der Waals surface area contributed by atoms with Crippen molar-refractivity contribution in [3.63, 3.8) is 0 Å². The SMILES string of the molecule is CC(=O)Oc1ccccc1C(=O)NCCN1C(=O)S/C(=C/c2ccccc2Cl)C1=O. The molecule has 0 unspecified atom stereocenters. The van der Waals surface area contributed by atoms with Gasteiger partial charge >= 0.3 is 5.97 Å². The molecule has 30 heavy (non-hydrogen) atoms. The number of amides is 3. The Hall–Kier alpha value is -3.10. The van der Waals surface area contributed by atoms with Crippen molar-refractivity contribution < 1.29 is 23.9 Å². The molecule has 3 amide bonds. The quantitative estimate of drug-likeness (QED) is 0.414. The summed E-state index contributed by atoms with van der Waals surface area (Å²) >= 11 is 6.92. The molecule has 1 fully saturated rings. The average Bonchev–Trinajstić information content (AvgIpc) is 2.97. The fourth-order valence-corrected chi connectivity index (χ4v) is 3.75. The van der Waals surface area contributed by atoms with Gasteiger partial charge in [-0.05, 0) is 41.6 Å². The van der Waals surface area contributed by atoms with Crippen LogP contribution < -0.4 is 10.1 Å². The van der Waals surface area contributed by atoms with Crippen LogP contribution in [0, 0.1) is 0 Å². The Morgan fingerprint density at radius 3 is 2.57 bits per heavy atom. The van der Waals surface area contributed by atoms with Crippen molar-refractivity contribution in [1.29, 1.82) is 0 Å². The molecular weight excluding hydrogens is 428 g/mol. The Balaban J connectivity index is 1.62. The number of carbonyl (C=O) groups is 4. The molecule has 0 aliphatic carbocycles. The monoisotopic (exact) mass is 444 g/mol. The maximum atomic E-state index is 12.6. The third kappa shape index (κ3) is 5.08. The van der Waals surface area contributed by atoms with E-state index in [1.54, 1.807) is 42.5 Å². The van der Waals surface area contributed by atoms with Crippen LogP contribution in [0.25, 0.3) is 6.08 Å². The van der Waals surface area contributed by atoms with E-state index in [2.05, 4.69) is 5.32 Å². The molecule has 0 atom stereocenters. The molecule has 2 aromatic rings. The highest BCUT2D eigenvalue weighted by molar-refractivity contribution is 8.18. The van der Waals surface area contributed by atoms with Gasteiger partial charge in [-0.15, -0.1) is 0 Å². The normalized spacial score (nSPS) is 14.9. The van der Waals surface area contributed by atoms with Gasteiger partial charge < -0.3 is 10.1 Å². The second-order valence-corrected chi connectivity index (χ2v) is 7.60. The van der Waals surface area contributed by atoms with Crippen LogP contribution in [-0.4, -0.2) is 41.0 Å². The number of thioether (sulfide) groups is 1. The Labute approximate surface area is 182 Å². The highest BCUT2D eigenvalue weighted by Crippen LogP contribution is 2.33. The third-order valence-electron chi connectivity index (χ3n) is 4.07. The molecule has 0 aromatic heterocycles. The number of halogens is 1. The summed E-state index contributed by atoms with van der Waals surface area (Å²) in [5.41, 5.74) is 0.820. The summed E-state index contributed by atoms with van der Waals surface area (Å²) in [7, 11) is 0. The van der Waals surface area contributed by atoms with Gasteiger partial charge in [0.15, 0.2) is 0 Å². The van der Waals surface area contributed by atoms with Crippen molar-refractivity contribution in [2.45, 2.75) is 6.92 Å². The fourth-order valence-electron chi connectivity index (χ4n) is 2.70. The second-order valence-electron chi connectivity index (χ2n) is 6.20. The average molecular weight is 445 g/mol. The lowest BCUT2D eigenvalue weighted by molar-refractivity contribution is -0.132. The van der Waals surface area contributed by atoms with E-state index in [4.69, 9.17) is 16.3 Å². The Kier molecular flexibility index (Phi) is 6.91. The number of hydrogen-bond donors (Lipinski definition) is 1. The predicted octanol–water partition coefficient (Wildman–Crippen LogP) is 3.73. The van der Waals surface area contributed by atoms with Gasteiger partial charge in [0.2, 0.25) is 0 Å². The van der Waals surface area contributed by atoms with E-state index in [-0.39, 0.29) is 29.3 Å². The van der Waals surface area contributed by atoms with Gasteiger partial charge in [0.1, 0.15) is 5.75 Å². The molecule has 3 rings (SSSR count). The lowest BCUT2D eigenvalue weighted by Gasteiger charge is -2.14. The molecule has 1 N–H and O–H groups in total. The van der Waals surface area contributed by atoms with E-state index in [0.29, 0.717) is 10.6 Å². The minimum Gasteiger partial charge on any atom is -0.426 e. The molecule has 0 saturated carbocycles. The summed E-state index contributed by atoms with van der Waals surface area (Å²) < 4.78 is 5.02. The van der Waals surface area contributed by atoms with Crippen LogP contribution in [0.15, 0.2) is 53.4 Å². The van der Waals surface area contributed by atoms with Crippen LogP contribution in [0.3, 0.4) is 0 Å². The molecule has 7 nitrogen and oxygen atoms in total. The molecule has 154 valence electrons. The van der Waals surface area contributed by atoms with E-state index in [1.807, 2.05) is 0 Å². The predicted molar refractivity (Wildman–Crippen MR) is 114 cm³/mol. The molecule has 0 spiro atoms. The lowest BCUT2D eigenvalue weighted by atomic mass is 10.2. The first-order valence-electron chi connectivity index (χ1n) is 8.92. The summed E-state index contributed by atoms with van der Waals surface area (Å²) in [6.07, 6.45) is 1.57. The van der Waals surface area contributed by atoms with Crippen LogP contribution >= 0.6 is 23.4 Å². The summed E-state index contributed by atoms with van der Waals surface area (Å²) in [4.78, 5) is 49.7. The molecule has 1 heterocycles. The van der Waals surface area contributed by atoms with E-state index in [0.717, 1.165) is 16.7 Å². The number of rotatable bonds is 6. The van der Waals surface area contributed by atoms with Crippen molar-refractivity contribution in [3.05, 3.63) is 69.6 Å². The molecule has 2 aromatic carbocycles. The summed E-state index contributed by atoms with van der Waals surface area (Å²) in [6, 6.07) is 13.3. The van der Waals surface area contributed by atoms with Crippen LogP contribution in [0.4, 0.5) is 4.79 Å². The minimum atomic E-state index is -0.543. The number of para-hydroxylation sites is 1. The number of benzene rings is 2. The largest absolute Gasteiger partial charge is 0.426 e. The minimum absolute atomic E-state index is 0.00595. The number of imide groups is 1. The molecule has 0 bridgehead atoms. The molecule has 9 heteroatoms. The van der Waals surface area contributed by atoms with Gasteiger partial charge in [-0.3, -0.25) is 24.1 Å². The Bertz CT molecular complexity index is 1050. The number of carbonyl (C=O) groups excluding carboxylic acids is 4. The zero-order valence-electron chi connectivity index (χ0n) is 15.9. The number of hydrogen-bond acceptors (Lipinski definition) is 6. The standard InChI is InChI=1S/C21H17ClN2O5S/c1-13(25)29-17-9-5-3-7-15(17)19(26)23-10-11-24-20(27)18(30-21(24)28)12-14-6-2-4-8-16(14)22/h2-9,12H,10-11H2,1H3,(H,23,26)/b18-12+. The first-order valence-corrected chi connectivity index (χ1v) is 10.1. The van der Waals surface area contributed by atoms with Crippen molar-refractivity contribution >= 4 is 52.5 Å². The lowest BCUT2D eigenvalue weighted by Crippen LogP contribution is -2.37. The summed E-state index contributed by atoms with van der Waals surface area (Å²) in [6.45, 7) is 1.29. The van der Waals surface area contributed by atoms with Crippen molar-refractivity contribution in [3.8, 4) is 5.75 Å². The topological polar surface area (TPSA) is 92.8 Å². The summed E-state index contributed by atoms with van der Waals surface area (Å²) in [5, 5.41) is 2.68. The van der Waals surface area contributed by atoms with Crippen LogP contribution in [0.2, 0.25) is 5.02 Å². The number of ether oxygens (including phenoxy) is 1. The van der Waals surface area contributed by atoms with Gasteiger partial charge in [-0.2, -0.15) is 0 Å². The maximum Gasteiger partial charge on any atom is 0.308 e. The summed E-state index contributed by atoms with van der Waals surface area (Å²) in [5.74, 6) is -1.33. The molecule has 1 aliphatic heterocycles. The van der Waals surface area contributed by atoms with Crippen LogP contribution in [-0.2, 0) is 9.59 Å². The van der Waals surface area contributed by atoms with E-state index < -0.39 is 23.0 Å². The van der Waals surface area contributed by atoms with Crippen LogP contribution in [0.5, 0.6) is 5.75 Å². The fraction of sp³-hybridized carbons (Fsp3) is 0.143. The number of esters is 1. The highest BCUT2D eigenvalue weighted by atomic mass is 35.5. The first-order chi connectivity index (χ1) is 14.4. The van der Waals surface area contributed by atoms with Gasteiger partial charge in [0, 0.05) is 25.0 Å². The maximum absolute atomic E-state index is 12.6. The molecular formula is C21H17ClN2O5S. The van der Waals surface area contributed by atoms with Gasteiger partial charge in [-0.25, -0.2) is 0 Å². The first kappa shape index (κ1) is 21.6. The van der Waals surface area contributed by atoms with E-state index >= 15 is 0 Å². The van der Waals surface area contributed by atoms with Gasteiger partial charge in [-0.1, -0.05) is 41.9 Å². The highest BCUT2D eigenvalue weighted by Gasteiger charge is 2.34. The molecule has 1 aliphatic rings. The van der Waals surface area contributed by atoms with Crippen molar-refractivity contribution in [2.24, 2.45) is 0 Å². The van der Waals surface area contributed by atoms with E-state index in [1.165, 1.54) is 19.1 Å². The Morgan fingerprint density at radius 2 is 1.83 bits per heavy atom. The van der Waals surface area contributed by atoms with Gasteiger partial charge in [0.05, 0.1) is 10.5 Å². The van der Waals surface area contributed by atoms with E-state index in [9.17, 15) is 19.2 Å². The van der Waals surface area contributed by atoms with Crippen LogP contribution in [0.1, 0.15) is 22.8 Å². The number of nitrogens with one attached hydrogen (secondary N) is 1. The zero-order valence-corrected chi connectivity index (χ0v) is 17.5. The van der Waals surface area contributed by atoms with Crippen molar-refractivity contribution in [1.82, 2.24) is 10.2 Å². The Morgan fingerprint density at radius 1 is 1.13 bits per heavy atom. The molecule has 0 radical (unpaired) electrons. The zero-order chi connectivity index (χ0) is 21.7. The van der Waals surface area contributed by atoms with Gasteiger partial charge in [0.25, 0.3) is 17.1 Å². The smallest absolute Gasteiger partial charge is 0.308 e.